The zero-order chi connectivity index (χ0) is 77.0. The number of hydrogen-bond acceptors (Lipinski definition) is 9. The molecular formula is C99H123N3O6. The van der Waals surface area contributed by atoms with Crippen LogP contribution >= 0.6 is 0 Å². The molecule has 570 valence electrons. The van der Waals surface area contributed by atoms with Crippen molar-refractivity contribution in [2.75, 3.05) is 60.6 Å². The zero-order valence-corrected chi connectivity index (χ0v) is 69.4. The molecule has 0 unspecified atom stereocenters. The summed E-state index contributed by atoms with van der Waals surface area (Å²) < 4.78 is 44.2. The molecule has 0 spiro atoms. The first-order valence-corrected chi connectivity index (χ1v) is 39.9. The predicted octanol–water partition coefficient (Wildman–Crippen LogP) is 21.5. The molecule has 9 aromatic carbocycles. The zero-order valence-electron chi connectivity index (χ0n) is 69.4. The highest BCUT2D eigenvalue weighted by molar-refractivity contribution is 5.62. The van der Waals surface area contributed by atoms with Gasteiger partial charge in [-0.25, -0.2) is 0 Å². The van der Waals surface area contributed by atoms with Gasteiger partial charge in [-0.15, -0.1) is 0 Å². The monoisotopic (exact) mass is 1450 g/mol. The highest BCUT2D eigenvalue weighted by Crippen LogP contribution is 2.47. The van der Waals surface area contributed by atoms with Crippen LogP contribution in [-0.2, 0) is 110 Å². The third-order valence-corrected chi connectivity index (χ3v) is 23.1. The molecule has 1 aliphatic carbocycles. The lowest BCUT2D eigenvalue weighted by Gasteiger charge is -2.29. The Bertz CT molecular complexity index is 4150. The van der Waals surface area contributed by atoms with Gasteiger partial charge < -0.3 is 28.4 Å². The van der Waals surface area contributed by atoms with Crippen LogP contribution in [0.4, 0.5) is 0 Å². The van der Waals surface area contributed by atoms with Crippen molar-refractivity contribution in [1.82, 2.24) is 14.7 Å². The van der Waals surface area contributed by atoms with Gasteiger partial charge in [0.05, 0.1) is 21.3 Å². The van der Waals surface area contributed by atoms with E-state index in [4.69, 9.17) is 28.4 Å². The van der Waals surface area contributed by atoms with Gasteiger partial charge in [0.2, 0.25) is 0 Å². The summed E-state index contributed by atoms with van der Waals surface area (Å²) in [5, 5.41) is 0. The predicted molar refractivity (Wildman–Crippen MR) is 445 cm³/mol. The molecule has 0 N–H and O–H groups in total. The average Bonchev–Trinajstić information content (AvgIpc) is 0.771. The maximum absolute atomic E-state index is 7.74. The van der Waals surface area contributed by atoms with Crippen LogP contribution in [0.3, 0.4) is 0 Å². The normalized spacial score (nSPS) is 17.7. The standard InChI is InChI=1S/C99H123N3O6/c1-94(2,3)82-46-70-40-76-52-85(97(10,11)12)54-78-42-72-48-83(95(4,5)6)50-74(89(72)104-20)44-80-56-87(99(16,17)18)57-81-45-75-51-84(96(7,8)9)49-73(90(75)105-21)43-79-55-86(98(13,14)15)53-77(41-71(47-82)88(70)103-19)92(79)107-62-68-29-23-26-65(38-68)59-101-32-31-100(58-64-25-22-28-67(37-64)61-106-91(76)78)33-35-102(36-34-101)60-66-27-24-30-69(39-66)63-108-93(80)81/h22-30,37-39,46-57H,31-36,40-45,58-63H2,1-21H3. The first-order chi connectivity index (χ1) is 51.0. The SMILES string of the molecule is COc1c2cc(C(C)(C)C)cc1Cc1cc(C(C)(C)C)cc3c1OCc1cccc(c1)CN1CCN4CCN(CC1)Cc1cccc(c1)COc1c(cc(C(C)(C)C)cc1Cc1cc(C(C)(C)C)cc(c1OC)C3)Cc1cc(C(C)(C)C)cc(c1OC)Cc1cc(C(C)(C)C)cc(c1OCc1cccc(c1)C4)C2. The van der Waals surface area contributed by atoms with Gasteiger partial charge in [0.1, 0.15) is 54.3 Å². The van der Waals surface area contributed by atoms with Crippen molar-refractivity contribution in [3.8, 4) is 34.5 Å². The molecule has 4 heterocycles. The van der Waals surface area contributed by atoms with E-state index in [1.54, 1.807) is 0 Å². The molecule has 14 rings (SSSR count). The van der Waals surface area contributed by atoms with Crippen LogP contribution in [0.5, 0.6) is 34.5 Å². The molecule has 0 aromatic heterocycles. The minimum Gasteiger partial charge on any atom is -0.496 e. The fourth-order valence-corrected chi connectivity index (χ4v) is 16.6. The van der Waals surface area contributed by atoms with Crippen LogP contribution < -0.4 is 28.4 Å². The fraction of sp³-hybridized carbons (Fsp3) is 0.455. The van der Waals surface area contributed by atoms with Crippen molar-refractivity contribution >= 4 is 0 Å². The lowest BCUT2D eigenvalue weighted by molar-refractivity contribution is 0.209. The number of rotatable bonds is 3. The third kappa shape index (κ3) is 17.9. The third-order valence-electron chi connectivity index (χ3n) is 23.1. The van der Waals surface area contributed by atoms with E-state index in [9.17, 15) is 0 Å². The Morgan fingerprint density at radius 1 is 0.241 bits per heavy atom. The summed E-state index contributed by atoms with van der Waals surface area (Å²) in [6, 6.07) is 56.9. The molecule has 1 fully saturated rings. The van der Waals surface area contributed by atoms with Gasteiger partial charge in [0.25, 0.3) is 0 Å². The molecule has 0 amide bonds. The summed E-state index contributed by atoms with van der Waals surface area (Å²) in [5.41, 5.74) is 26.7. The van der Waals surface area contributed by atoms with Crippen molar-refractivity contribution < 1.29 is 28.4 Å². The van der Waals surface area contributed by atoms with Crippen LogP contribution in [0.2, 0.25) is 0 Å². The molecule has 9 aromatic rings. The Hall–Kier alpha value is -8.34. The molecule has 0 atom stereocenters. The molecule has 9 heteroatoms. The molecule has 9 nitrogen and oxygen atoms in total. The lowest BCUT2D eigenvalue weighted by atomic mass is 9.79. The number of nitrogens with zero attached hydrogens (tertiary/aromatic N) is 3. The van der Waals surface area contributed by atoms with Gasteiger partial charge in [-0.1, -0.05) is 270 Å². The van der Waals surface area contributed by atoms with E-state index in [1.807, 2.05) is 21.3 Å². The highest BCUT2D eigenvalue weighted by atomic mass is 16.5. The minimum atomic E-state index is -0.234. The Morgan fingerprint density at radius 3 is 0.593 bits per heavy atom. The van der Waals surface area contributed by atoms with Gasteiger partial charge in [0, 0.05) is 97.4 Å². The average molecular weight is 1450 g/mol. The van der Waals surface area contributed by atoms with Gasteiger partial charge in [-0.2, -0.15) is 0 Å². The molecular weight excluding hydrogens is 1330 g/mol. The van der Waals surface area contributed by atoms with Crippen molar-refractivity contribution in [3.63, 3.8) is 0 Å². The van der Waals surface area contributed by atoms with E-state index in [0.717, 1.165) is 177 Å². The van der Waals surface area contributed by atoms with Gasteiger partial charge in [-0.3, -0.25) is 14.7 Å². The summed E-state index contributed by atoms with van der Waals surface area (Å²) in [6.45, 7) is 51.4. The van der Waals surface area contributed by atoms with Crippen LogP contribution in [-0.4, -0.2) is 75.3 Å². The molecule has 0 radical (unpaired) electrons. The molecule has 1 saturated heterocycles. The Morgan fingerprint density at radius 2 is 0.417 bits per heavy atom. The second-order valence-corrected chi connectivity index (χ2v) is 38.1. The van der Waals surface area contributed by atoms with Crippen molar-refractivity contribution in [3.05, 3.63) is 279 Å². The maximum atomic E-state index is 7.74. The van der Waals surface area contributed by atoms with Crippen molar-refractivity contribution in [1.29, 1.82) is 0 Å². The minimum absolute atomic E-state index is 0.227. The summed E-state index contributed by atoms with van der Waals surface area (Å²) >= 11 is 0. The molecule has 108 heavy (non-hydrogen) atoms. The molecule has 24 bridgehead atoms. The molecule has 4 aliphatic heterocycles. The van der Waals surface area contributed by atoms with E-state index in [2.05, 4.69) is 285 Å². The molecule has 5 aliphatic rings. The Kier molecular flexibility index (Phi) is 22.2. The summed E-state index contributed by atoms with van der Waals surface area (Å²) in [6.07, 6.45) is 3.32. The van der Waals surface area contributed by atoms with Crippen LogP contribution in [0.1, 0.15) is 258 Å². The first kappa shape index (κ1) is 77.8. The van der Waals surface area contributed by atoms with E-state index >= 15 is 0 Å². The second-order valence-electron chi connectivity index (χ2n) is 38.1. The number of ether oxygens (including phenoxy) is 6. The van der Waals surface area contributed by atoms with Crippen molar-refractivity contribution in [2.45, 2.75) is 235 Å². The largest absolute Gasteiger partial charge is 0.496 e. The first-order valence-electron chi connectivity index (χ1n) is 39.9. The lowest BCUT2D eigenvalue weighted by Crippen LogP contribution is -2.35. The van der Waals surface area contributed by atoms with E-state index in [-0.39, 0.29) is 32.5 Å². The number of methoxy groups -OCH3 is 3. The summed E-state index contributed by atoms with van der Waals surface area (Å²) in [7, 11) is 5.61. The number of hydrogen-bond donors (Lipinski definition) is 0. The summed E-state index contributed by atoms with van der Waals surface area (Å²) in [5.74, 6) is 5.31. The Balaban J connectivity index is 1.18. The summed E-state index contributed by atoms with van der Waals surface area (Å²) in [4.78, 5) is 8.07. The smallest absolute Gasteiger partial charge is 0.126 e. The van der Waals surface area contributed by atoms with E-state index in [0.29, 0.717) is 58.3 Å². The quantitative estimate of drug-likeness (QED) is 0.172. The fourth-order valence-electron chi connectivity index (χ4n) is 16.6. The van der Waals surface area contributed by atoms with Crippen molar-refractivity contribution in [2.24, 2.45) is 0 Å². The van der Waals surface area contributed by atoms with E-state index in [1.165, 1.54) is 50.1 Å². The van der Waals surface area contributed by atoms with Gasteiger partial charge >= 0.3 is 0 Å². The maximum Gasteiger partial charge on any atom is 0.126 e. The van der Waals surface area contributed by atoms with Crippen LogP contribution in [0.25, 0.3) is 0 Å². The van der Waals surface area contributed by atoms with Crippen LogP contribution in [0, 0.1) is 0 Å². The second kappa shape index (κ2) is 30.8. The van der Waals surface area contributed by atoms with Gasteiger partial charge in [-0.05, 0) is 166 Å². The number of benzene rings is 9. The highest BCUT2D eigenvalue weighted by Gasteiger charge is 2.33. The van der Waals surface area contributed by atoms with E-state index < -0.39 is 0 Å². The Labute approximate surface area is 648 Å². The molecule has 0 saturated carbocycles. The van der Waals surface area contributed by atoms with Gasteiger partial charge in [0.15, 0.2) is 0 Å². The number of fused-ring (bicyclic) bond motifs is 6. The van der Waals surface area contributed by atoms with Crippen LogP contribution in [0.15, 0.2) is 146 Å². The topological polar surface area (TPSA) is 65.1 Å².